The summed E-state index contributed by atoms with van der Waals surface area (Å²) in [6, 6.07) is 8.01. The van der Waals surface area contributed by atoms with E-state index in [0.29, 0.717) is 13.2 Å². The molecule has 0 aliphatic carbocycles. The van der Waals surface area contributed by atoms with Crippen LogP contribution in [0.1, 0.15) is 12.5 Å². The van der Waals surface area contributed by atoms with Crippen LogP contribution in [0, 0.1) is 0 Å². The molecule has 0 N–H and O–H groups in total. The topological polar surface area (TPSA) is 42.2 Å². The van der Waals surface area contributed by atoms with Gasteiger partial charge in [0.15, 0.2) is 6.54 Å². The van der Waals surface area contributed by atoms with E-state index in [9.17, 15) is 4.79 Å². The van der Waals surface area contributed by atoms with E-state index in [1.807, 2.05) is 34.9 Å². The van der Waals surface area contributed by atoms with Gasteiger partial charge in [-0.25, -0.2) is 9.78 Å². The number of hydrogen-bond donors (Lipinski definition) is 0. The molecule has 2 aromatic rings. The molecular formula is C16H15BrN2O2. The number of benzene rings is 1. The van der Waals surface area contributed by atoms with Gasteiger partial charge in [0.1, 0.15) is 5.52 Å². The van der Waals surface area contributed by atoms with Crippen molar-refractivity contribution in [1.82, 2.24) is 4.98 Å². The molecule has 4 nitrogen and oxygen atoms in total. The maximum Gasteiger partial charge on any atom is 0.395 e. The van der Waals surface area contributed by atoms with Crippen molar-refractivity contribution in [3.63, 3.8) is 0 Å². The molecule has 1 aliphatic rings. The highest BCUT2D eigenvalue weighted by Crippen LogP contribution is 2.31. The highest BCUT2D eigenvalue weighted by molar-refractivity contribution is 6.21. The monoisotopic (exact) mass is 346 g/mol. The molecule has 108 valence electrons. The first-order valence-electron chi connectivity index (χ1n) is 6.62. The average Bonchev–Trinajstić information content (AvgIpc) is 2.47. The third kappa shape index (κ3) is 3.03. The van der Waals surface area contributed by atoms with Gasteiger partial charge in [-0.1, -0.05) is 12.1 Å². The molecule has 0 bridgehead atoms. The first-order valence-corrected chi connectivity index (χ1v) is 6.62. The van der Waals surface area contributed by atoms with Gasteiger partial charge in [-0.05, 0) is 31.2 Å². The minimum absolute atomic E-state index is 0. The second-order valence-corrected chi connectivity index (χ2v) is 4.51. The molecule has 2 heterocycles. The van der Waals surface area contributed by atoms with Gasteiger partial charge in [-0.15, -0.1) is 0 Å². The molecule has 21 heavy (non-hydrogen) atoms. The van der Waals surface area contributed by atoms with Crippen molar-refractivity contribution in [1.29, 1.82) is 0 Å². The maximum atomic E-state index is 11.7. The van der Waals surface area contributed by atoms with Crippen LogP contribution in [0.3, 0.4) is 0 Å². The van der Waals surface area contributed by atoms with Crippen LogP contribution < -0.4 is 17.0 Å². The number of fused-ring (bicyclic) bond motifs is 3. The van der Waals surface area contributed by atoms with Gasteiger partial charge in [0, 0.05) is 17.1 Å². The van der Waals surface area contributed by atoms with E-state index in [1.54, 1.807) is 13.1 Å². The third-order valence-electron chi connectivity index (χ3n) is 3.21. The van der Waals surface area contributed by atoms with Gasteiger partial charge in [0.2, 0.25) is 5.69 Å². The molecule has 0 amide bonds. The largest absolute Gasteiger partial charge is 1.00 e. The van der Waals surface area contributed by atoms with E-state index in [2.05, 4.69) is 11.1 Å². The van der Waals surface area contributed by atoms with Crippen LogP contribution in [0.2, 0.25) is 0 Å². The lowest BCUT2D eigenvalue weighted by molar-refractivity contribution is -0.422. The molecule has 0 saturated heterocycles. The molecule has 1 aliphatic heterocycles. The molecule has 0 atom stereocenters. The summed E-state index contributed by atoms with van der Waals surface area (Å²) >= 11 is 0. The van der Waals surface area contributed by atoms with Crippen molar-refractivity contribution >= 4 is 34.9 Å². The van der Waals surface area contributed by atoms with Crippen LogP contribution in [-0.2, 0) is 9.53 Å². The number of aromatic nitrogens is 1. The van der Waals surface area contributed by atoms with E-state index < -0.39 is 0 Å². The van der Waals surface area contributed by atoms with Crippen molar-refractivity contribution in [3.8, 4) is 0 Å². The fourth-order valence-electron chi connectivity index (χ4n) is 2.39. The lowest BCUT2D eigenvalue weighted by Gasteiger charge is -2.10. The van der Waals surface area contributed by atoms with E-state index >= 15 is 0 Å². The number of carbonyl (C=O) groups is 1. The predicted octanol–water partition coefficient (Wildman–Crippen LogP) is -0.456. The van der Waals surface area contributed by atoms with Gasteiger partial charge in [-0.2, -0.15) is 4.58 Å². The zero-order valence-corrected chi connectivity index (χ0v) is 13.2. The summed E-state index contributed by atoms with van der Waals surface area (Å²) in [7, 11) is 0. The Labute approximate surface area is 133 Å². The van der Waals surface area contributed by atoms with Crippen molar-refractivity contribution in [2.45, 2.75) is 6.92 Å². The molecule has 5 heteroatoms. The number of hydrogen-bond acceptors (Lipinski definition) is 3. The average molecular weight is 347 g/mol. The van der Waals surface area contributed by atoms with Crippen molar-refractivity contribution in [3.05, 3.63) is 42.1 Å². The van der Waals surface area contributed by atoms with Gasteiger partial charge in [0.05, 0.1) is 6.61 Å². The Morgan fingerprint density at radius 1 is 1.43 bits per heavy atom. The molecule has 0 spiro atoms. The van der Waals surface area contributed by atoms with Gasteiger partial charge in [0.25, 0.3) is 6.21 Å². The van der Waals surface area contributed by atoms with E-state index in [-0.39, 0.29) is 23.0 Å². The van der Waals surface area contributed by atoms with Gasteiger partial charge < -0.3 is 21.7 Å². The fraction of sp³-hybridized carbons (Fsp3) is 0.188. The Morgan fingerprint density at radius 2 is 2.29 bits per heavy atom. The summed E-state index contributed by atoms with van der Waals surface area (Å²) in [5.41, 5.74) is 2.91. The zero-order chi connectivity index (χ0) is 13.9. The highest BCUT2D eigenvalue weighted by atomic mass is 79.9. The molecule has 0 radical (unpaired) electrons. The summed E-state index contributed by atoms with van der Waals surface area (Å²) in [4.78, 5) is 16.1. The quantitative estimate of drug-likeness (QED) is 0.546. The van der Waals surface area contributed by atoms with Crippen LogP contribution in [0.4, 0.5) is 5.69 Å². The second kappa shape index (κ2) is 6.63. The Morgan fingerprint density at radius 3 is 3.10 bits per heavy atom. The Bertz CT molecular complexity index is 738. The highest BCUT2D eigenvalue weighted by Gasteiger charge is 2.22. The van der Waals surface area contributed by atoms with Crippen LogP contribution in [0.5, 0.6) is 0 Å². The number of ether oxygens (including phenoxy) is 1. The number of esters is 1. The number of nitrogens with zero attached hydrogens (tertiary/aromatic N) is 2. The number of rotatable bonds is 2. The summed E-state index contributed by atoms with van der Waals surface area (Å²) in [5, 5.41) is 1.06. The van der Waals surface area contributed by atoms with Crippen LogP contribution in [0.25, 0.3) is 17.0 Å². The first kappa shape index (κ1) is 15.4. The normalized spacial score (nSPS) is 14.6. The molecule has 3 rings (SSSR count). The molecule has 0 saturated carbocycles. The van der Waals surface area contributed by atoms with Gasteiger partial charge >= 0.3 is 5.97 Å². The van der Waals surface area contributed by atoms with E-state index in [4.69, 9.17) is 4.74 Å². The summed E-state index contributed by atoms with van der Waals surface area (Å²) in [5.74, 6) is -0.332. The third-order valence-corrected chi connectivity index (χ3v) is 3.21. The lowest BCUT2D eigenvalue weighted by Crippen LogP contribution is -3.00. The Balaban J connectivity index is 0.00000161. The van der Waals surface area contributed by atoms with Crippen LogP contribution in [0.15, 0.2) is 36.5 Å². The summed E-state index contributed by atoms with van der Waals surface area (Å²) in [6.07, 6.45) is 7.34. The summed E-state index contributed by atoms with van der Waals surface area (Å²) < 4.78 is 6.88. The van der Waals surface area contributed by atoms with Gasteiger partial charge in [-0.3, -0.25) is 0 Å². The smallest absolute Gasteiger partial charge is 0.395 e. The summed E-state index contributed by atoms with van der Waals surface area (Å²) in [6.45, 7) is 2.81. The van der Waals surface area contributed by atoms with Crippen molar-refractivity contribution in [2.24, 2.45) is 0 Å². The van der Waals surface area contributed by atoms with E-state index in [1.165, 1.54) is 6.21 Å². The van der Waals surface area contributed by atoms with Crippen molar-refractivity contribution in [2.75, 3.05) is 13.2 Å². The molecule has 1 aromatic heterocycles. The number of carbonyl (C=O) groups excluding carboxylic acids is 1. The molecule has 0 fully saturated rings. The number of halogens is 1. The zero-order valence-electron chi connectivity index (χ0n) is 11.6. The maximum absolute atomic E-state index is 11.7. The minimum atomic E-state index is -0.332. The molecule has 1 aromatic carbocycles. The van der Waals surface area contributed by atoms with Crippen LogP contribution in [-0.4, -0.2) is 34.9 Å². The second-order valence-electron chi connectivity index (χ2n) is 4.51. The fourth-order valence-corrected chi connectivity index (χ4v) is 2.39. The molecular weight excluding hydrogens is 332 g/mol. The van der Waals surface area contributed by atoms with Crippen molar-refractivity contribution < 1.29 is 31.1 Å². The standard InChI is InChI=1S/C16H15N2O2.BrH/c1-2-20-14(19)11-18-10-4-6-13-8-7-12-5-3-9-17-15(12)16(13)18;/h3-9,11H,2,10H2,1H3;1H/q+1;/p-1. The first-order chi connectivity index (χ1) is 9.79. The molecule has 0 unspecified atom stereocenters. The lowest BCUT2D eigenvalue weighted by atomic mass is 10.0. The van der Waals surface area contributed by atoms with E-state index in [0.717, 1.165) is 22.2 Å². The number of pyridine rings is 1. The Hall–Kier alpha value is -2.01. The van der Waals surface area contributed by atoms with Crippen LogP contribution >= 0.6 is 0 Å². The predicted molar refractivity (Wildman–Crippen MR) is 78.3 cm³/mol. The Kier molecular flexibility index (Phi) is 4.85. The minimum Gasteiger partial charge on any atom is -1.00 e. The SMILES string of the molecule is CCOC(=O)C=[N+]1CC=Cc2ccc3cccnc3c21.[Br-].